The van der Waals surface area contributed by atoms with E-state index in [0.717, 1.165) is 25.8 Å². The molecule has 0 aromatic rings. The number of fused-ring (bicyclic) bond motifs is 1. The van der Waals surface area contributed by atoms with Crippen molar-refractivity contribution >= 4 is 11.9 Å². The average molecular weight is 225 g/mol. The second-order valence-electron chi connectivity index (χ2n) is 4.67. The molecule has 4 nitrogen and oxygen atoms in total. The van der Waals surface area contributed by atoms with E-state index in [1.807, 2.05) is 0 Å². The lowest BCUT2D eigenvalue weighted by molar-refractivity contribution is -0.148. The van der Waals surface area contributed by atoms with Crippen LogP contribution in [0.4, 0.5) is 0 Å². The van der Waals surface area contributed by atoms with Gasteiger partial charge in [-0.05, 0) is 25.7 Å². The topological polar surface area (TPSA) is 46.6 Å². The van der Waals surface area contributed by atoms with Gasteiger partial charge >= 0.3 is 5.97 Å². The zero-order chi connectivity index (χ0) is 11.5. The molecule has 0 aromatic carbocycles. The quantitative estimate of drug-likeness (QED) is 0.678. The van der Waals surface area contributed by atoms with Crippen LogP contribution < -0.4 is 0 Å². The summed E-state index contributed by atoms with van der Waals surface area (Å²) < 4.78 is 4.87. The van der Waals surface area contributed by atoms with Crippen molar-refractivity contribution in [3.63, 3.8) is 0 Å². The molecule has 4 heteroatoms. The van der Waals surface area contributed by atoms with E-state index in [-0.39, 0.29) is 24.3 Å². The van der Waals surface area contributed by atoms with Crippen molar-refractivity contribution in [3.8, 4) is 0 Å². The molecule has 0 radical (unpaired) electrons. The van der Waals surface area contributed by atoms with Gasteiger partial charge in [0.15, 0.2) is 0 Å². The number of hydrogen-bond donors (Lipinski definition) is 0. The third-order valence-electron chi connectivity index (χ3n) is 3.62. The zero-order valence-electron chi connectivity index (χ0n) is 9.78. The van der Waals surface area contributed by atoms with Gasteiger partial charge < -0.3 is 9.64 Å². The maximum Gasteiger partial charge on any atom is 0.325 e. The number of ether oxygens (including phenoxy) is 1. The largest absolute Gasteiger partial charge is 0.465 e. The summed E-state index contributed by atoms with van der Waals surface area (Å²) in [5, 5.41) is 0. The van der Waals surface area contributed by atoms with Crippen LogP contribution in [0.25, 0.3) is 0 Å². The summed E-state index contributed by atoms with van der Waals surface area (Å²) in [6.45, 7) is 3.05. The van der Waals surface area contributed by atoms with Gasteiger partial charge in [-0.25, -0.2) is 0 Å². The number of carbonyl (C=O) groups is 2. The van der Waals surface area contributed by atoms with Crippen LogP contribution in [0, 0.1) is 11.8 Å². The molecule has 1 heterocycles. The van der Waals surface area contributed by atoms with Gasteiger partial charge in [0.1, 0.15) is 6.54 Å². The molecule has 1 saturated heterocycles. The third-order valence-corrected chi connectivity index (χ3v) is 3.62. The maximum atomic E-state index is 12.0. The number of likely N-dealkylation sites (tertiary alicyclic amines) is 1. The minimum atomic E-state index is -0.283. The number of hydrogen-bond acceptors (Lipinski definition) is 3. The van der Waals surface area contributed by atoms with Crippen molar-refractivity contribution in [2.24, 2.45) is 11.8 Å². The molecule has 1 amide bonds. The van der Waals surface area contributed by atoms with Gasteiger partial charge in [0.25, 0.3) is 0 Å². The van der Waals surface area contributed by atoms with Gasteiger partial charge in [-0.1, -0.05) is 12.8 Å². The highest BCUT2D eigenvalue weighted by atomic mass is 16.5. The van der Waals surface area contributed by atoms with Gasteiger partial charge in [-0.3, -0.25) is 9.59 Å². The van der Waals surface area contributed by atoms with Crippen LogP contribution in [0.5, 0.6) is 0 Å². The zero-order valence-corrected chi connectivity index (χ0v) is 9.78. The minimum absolute atomic E-state index is 0.139. The van der Waals surface area contributed by atoms with Gasteiger partial charge in [-0.2, -0.15) is 0 Å². The molecule has 1 aliphatic carbocycles. The molecule has 0 unspecified atom stereocenters. The van der Waals surface area contributed by atoms with Crippen molar-refractivity contribution in [1.29, 1.82) is 0 Å². The number of esters is 1. The third kappa shape index (κ3) is 2.20. The second-order valence-corrected chi connectivity index (χ2v) is 4.67. The lowest BCUT2D eigenvalue weighted by Crippen LogP contribution is -2.33. The molecule has 0 bridgehead atoms. The summed E-state index contributed by atoms with van der Waals surface area (Å²) in [7, 11) is 0. The summed E-state index contributed by atoms with van der Waals surface area (Å²) in [5.74, 6) is 0.547. The monoisotopic (exact) mass is 225 g/mol. The Bertz CT molecular complexity index is 290. The highest BCUT2D eigenvalue weighted by Crippen LogP contribution is 2.36. The van der Waals surface area contributed by atoms with E-state index in [1.54, 1.807) is 11.8 Å². The lowest BCUT2D eigenvalue weighted by Gasteiger charge is -2.21. The smallest absolute Gasteiger partial charge is 0.325 e. The Kier molecular flexibility index (Phi) is 3.46. The Morgan fingerprint density at radius 1 is 1.44 bits per heavy atom. The summed E-state index contributed by atoms with van der Waals surface area (Å²) in [4.78, 5) is 25.0. The fourth-order valence-corrected chi connectivity index (χ4v) is 2.86. The SMILES string of the molecule is CCOC(=O)CN1C[C@@H]2CCCC[C@@H]2C1=O. The van der Waals surface area contributed by atoms with E-state index in [4.69, 9.17) is 4.74 Å². The van der Waals surface area contributed by atoms with E-state index in [1.165, 1.54) is 6.42 Å². The molecule has 0 aromatic heterocycles. The van der Waals surface area contributed by atoms with E-state index in [2.05, 4.69) is 0 Å². The Balaban J connectivity index is 1.92. The molecule has 0 N–H and O–H groups in total. The van der Waals surface area contributed by atoms with E-state index >= 15 is 0 Å². The normalized spacial score (nSPS) is 29.1. The Morgan fingerprint density at radius 3 is 2.88 bits per heavy atom. The second kappa shape index (κ2) is 4.85. The van der Waals surface area contributed by atoms with Crippen molar-refractivity contribution in [2.75, 3.05) is 19.7 Å². The number of carbonyl (C=O) groups excluding carboxylic acids is 2. The molecule has 0 spiro atoms. The Hall–Kier alpha value is -1.06. The van der Waals surface area contributed by atoms with Crippen molar-refractivity contribution in [1.82, 2.24) is 4.90 Å². The standard InChI is InChI=1S/C12H19NO3/c1-2-16-11(14)8-13-7-9-5-3-4-6-10(9)12(13)15/h9-10H,2-8H2,1H3/t9-,10-/m0/s1. The predicted molar refractivity (Wildman–Crippen MR) is 58.7 cm³/mol. The van der Waals surface area contributed by atoms with Gasteiger partial charge in [0.2, 0.25) is 5.91 Å². The minimum Gasteiger partial charge on any atom is -0.465 e. The van der Waals surface area contributed by atoms with Crippen molar-refractivity contribution < 1.29 is 14.3 Å². The highest BCUT2D eigenvalue weighted by molar-refractivity contribution is 5.85. The number of amides is 1. The van der Waals surface area contributed by atoms with Gasteiger partial charge in [0.05, 0.1) is 6.61 Å². The van der Waals surface area contributed by atoms with Crippen LogP contribution in [0.1, 0.15) is 32.6 Å². The molecule has 2 aliphatic rings. The molecular weight excluding hydrogens is 206 g/mol. The van der Waals surface area contributed by atoms with E-state index in [0.29, 0.717) is 12.5 Å². The van der Waals surface area contributed by atoms with Crippen LogP contribution in [0.2, 0.25) is 0 Å². The molecule has 16 heavy (non-hydrogen) atoms. The number of rotatable bonds is 3. The molecule has 2 fully saturated rings. The highest BCUT2D eigenvalue weighted by Gasteiger charge is 2.41. The molecule has 2 atom stereocenters. The molecule has 90 valence electrons. The number of nitrogens with zero attached hydrogens (tertiary/aromatic N) is 1. The van der Waals surface area contributed by atoms with Gasteiger partial charge in [0, 0.05) is 12.5 Å². The van der Waals surface area contributed by atoms with E-state index in [9.17, 15) is 9.59 Å². The Morgan fingerprint density at radius 2 is 2.19 bits per heavy atom. The first-order chi connectivity index (χ1) is 7.72. The summed E-state index contributed by atoms with van der Waals surface area (Å²) in [6.07, 6.45) is 4.51. The molecular formula is C12H19NO3. The molecule has 1 aliphatic heterocycles. The van der Waals surface area contributed by atoms with Crippen LogP contribution in [-0.4, -0.2) is 36.5 Å². The van der Waals surface area contributed by atoms with E-state index < -0.39 is 0 Å². The fourth-order valence-electron chi connectivity index (χ4n) is 2.86. The predicted octanol–water partition coefficient (Wildman–Crippen LogP) is 1.20. The Labute approximate surface area is 95.9 Å². The first-order valence-corrected chi connectivity index (χ1v) is 6.16. The first kappa shape index (κ1) is 11.4. The van der Waals surface area contributed by atoms with Crippen LogP contribution in [0.15, 0.2) is 0 Å². The summed E-state index contributed by atoms with van der Waals surface area (Å²) in [5.41, 5.74) is 0. The molecule has 1 saturated carbocycles. The van der Waals surface area contributed by atoms with Gasteiger partial charge in [-0.15, -0.1) is 0 Å². The fraction of sp³-hybridized carbons (Fsp3) is 0.833. The van der Waals surface area contributed by atoms with Crippen molar-refractivity contribution in [2.45, 2.75) is 32.6 Å². The summed E-state index contributed by atoms with van der Waals surface area (Å²) >= 11 is 0. The van der Waals surface area contributed by atoms with Crippen LogP contribution in [0.3, 0.4) is 0 Å². The van der Waals surface area contributed by atoms with Crippen molar-refractivity contribution in [3.05, 3.63) is 0 Å². The molecule has 2 rings (SSSR count). The maximum absolute atomic E-state index is 12.0. The summed E-state index contributed by atoms with van der Waals surface area (Å²) in [6, 6.07) is 0. The lowest BCUT2D eigenvalue weighted by atomic mass is 9.81. The van der Waals surface area contributed by atoms with Crippen LogP contribution in [-0.2, 0) is 14.3 Å². The van der Waals surface area contributed by atoms with Crippen LogP contribution >= 0.6 is 0 Å². The average Bonchev–Trinajstić information content (AvgIpc) is 2.57. The first-order valence-electron chi connectivity index (χ1n) is 6.16.